The summed E-state index contributed by atoms with van der Waals surface area (Å²) in [7, 11) is 2.01. The first kappa shape index (κ1) is 22.2. The van der Waals surface area contributed by atoms with Gasteiger partial charge in [0.25, 0.3) is 0 Å². The largest absolute Gasteiger partial charge is 0.368 e. The molecule has 1 aromatic heterocycles. The SMILES string of the molecule is CNCCCSCC1CCC(N2CNc3c(NCCCc4ccccc4)ncnc32)O1. The second kappa shape index (κ2) is 11.5. The fraction of sp³-hybridized carbons (Fsp3) is 0.565. The van der Waals surface area contributed by atoms with Crippen LogP contribution in [0.4, 0.5) is 17.3 Å². The Hall–Kier alpha value is -2.03. The molecule has 2 aliphatic rings. The van der Waals surface area contributed by atoms with E-state index in [0.29, 0.717) is 6.10 Å². The van der Waals surface area contributed by atoms with E-state index in [9.17, 15) is 0 Å². The minimum Gasteiger partial charge on any atom is -0.368 e. The van der Waals surface area contributed by atoms with Crippen LogP contribution in [0.1, 0.15) is 31.2 Å². The fourth-order valence-electron chi connectivity index (χ4n) is 4.12. The van der Waals surface area contributed by atoms with E-state index in [1.54, 1.807) is 6.33 Å². The van der Waals surface area contributed by atoms with Gasteiger partial charge in [0.2, 0.25) is 0 Å². The van der Waals surface area contributed by atoms with Crippen molar-refractivity contribution in [3.05, 3.63) is 42.2 Å². The maximum atomic E-state index is 6.36. The molecule has 3 heterocycles. The maximum Gasteiger partial charge on any atom is 0.161 e. The molecule has 2 unspecified atom stereocenters. The van der Waals surface area contributed by atoms with Crippen molar-refractivity contribution >= 4 is 29.1 Å². The maximum absolute atomic E-state index is 6.36. The molecule has 0 spiro atoms. The number of benzene rings is 1. The van der Waals surface area contributed by atoms with Crippen LogP contribution in [-0.4, -0.2) is 60.6 Å². The molecule has 2 aliphatic heterocycles. The Balaban J connectivity index is 1.25. The molecule has 0 bridgehead atoms. The van der Waals surface area contributed by atoms with Gasteiger partial charge in [-0.2, -0.15) is 11.8 Å². The number of nitrogens with one attached hydrogen (secondary N) is 3. The van der Waals surface area contributed by atoms with E-state index in [-0.39, 0.29) is 6.23 Å². The Bertz CT molecular complexity index is 808. The molecule has 8 heteroatoms. The zero-order valence-corrected chi connectivity index (χ0v) is 19.2. The third kappa shape index (κ3) is 6.02. The summed E-state index contributed by atoms with van der Waals surface area (Å²) in [6.45, 7) is 2.69. The lowest BCUT2D eigenvalue weighted by atomic mass is 10.1. The smallest absolute Gasteiger partial charge is 0.161 e. The Morgan fingerprint density at radius 3 is 2.94 bits per heavy atom. The third-order valence-corrected chi connectivity index (χ3v) is 6.94. The second-order valence-corrected chi connectivity index (χ2v) is 9.21. The average molecular weight is 443 g/mol. The Morgan fingerprint density at radius 2 is 2.06 bits per heavy atom. The number of hydrogen-bond acceptors (Lipinski definition) is 8. The minimum atomic E-state index is 0.0949. The molecular formula is C23H34N6OS. The van der Waals surface area contributed by atoms with Gasteiger partial charge in [0.15, 0.2) is 11.6 Å². The van der Waals surface area contributed by atoms with Crippen LogP contribution in [0.3, 0.4) is 0 Å². The highest BCUT2D eigenvalue weighted by molar-refractivity contribution is 7.99. The molecule has 1 saturated heterocycles. The van der Waals surface area contributed by atoms with E-state index in [4.69, 9.17) is 4.74 Å². The minimum absolute atomic E-state index is 0.0949. The molecule has 2 atom stereocenters. The van der Waals surface area contributed by atoms with Gasteiger partial charge in [0.1, 0.15) is 18.2 Å². The zero-order chi connectivity index (χ0) is 21.3. The topological polar surface area (TPSA) is 74.3 Å². The summed E-state index contributed by atoms with van der Waals surface area (Å²) in [6.07, 6.45) is 7.58. The van der Waals surface area contributed by atoms with Gasteiger partial charge in [0.05, 0.1) is 12.8 Å². The molecule has 31 heavy (non-hydrogen) atoms. The van der Waals surface area contributed by atoms with E-state index >= 15 is 0 Å². The second-order valence-electron chi connectivity index (χ2n) is 8.06. The number of aryl methyl sites for hydroxylation is 1. The van der Waals surface area contributed by atoms with Crippen molar-refractivity contribution in [3.8, 4) is 0 Å². The number of fused-ring (bicyclic) bond motifs is 1. The van der Waals surface area contributed by atoms with Crippen molar-refractivity contribution in [3.63, 3.8) is 0 Å². The normalized spacial score (nSPS) is 20.0. The fourth-order valence-corrected chi connectivity index (χ4v) is 5.14. The van der Waals surface area contributed by atoms with Crippen molar-refractivity contribution in [1.82, 2.24) is 15.3 Å². The van der Waals surface area contributed by atoms with Crippen molar-refractivity contribution in [1.29, 1.82) is 0 Å². The predicted octanol–water partition coefficient (Wildman–Crippen LogP) is 3.56. The molecule has 1 fully saturated rings. The summed E-state index contributed by atoms with van der Waals surface area (Å²) in [5.74, 6) is 4.10. The molecular weight excluding hydrogens is 408 g/mol. The first-order chi connectivity index (χ1) is 15.3. The van der Waals surface area contributed by atoms with Crippen LogP contribution in [0.2, 0.25) is 0 Å². The number of thioether (sulfide) groups is 1. The van der Waals surface area contributed by atoms with Crippen LogP contribution < -0.4 is 20.9 Å². The standard InChI is InChI=1S/C23H34N6OS/c1-24-12-6-14-31-15-19-10-11-20(30-19)29-17-28-21-22(26-16-27-23(21)29)25-13-5-9-18-7-3-2-4-8-18/h2-4,7-8,16,19-20,24,28H,5-6,9-15,17H2,1H3,(H,25,26,27). The molecule has 4 rings (SSSR count). The first-order valence-corrected chi connectivity index (χ1v) is 12.5. The van der Waals surface area contributed by atoms with Gasteiger partial charge in [0, 0.05) is 12.3 Å². The van der Waals surface area contributed by atoms with E-state index in [2.05, 4.69) is 61.2 Å². The lowest BCUT2D eigenvalue weighted by Crippen LogP contribution is -2.35. The van der Waals surface area contributed by atoms with Gasteiger partial charge in [-0.25, -0.2) is 9.97 Å². The quantitative estimate of drug-likeness (QED) is 0.431. The van der Waals surface area contributed by atoms with Gasteiger partial charge in [-0.15, -0.1) is 0 Å². The number of ether oxygens (including phenoxy) is 1. The summed E-state index contributed by atoms with van der Waals surface area (Å²) in [6, 6.07) is 10.6. The van der Waals surface area contributed by atoms with E-state index in [0.717, 1.165) is 68.5 Å². The zero-order valence-electron chi connectivity index (χ0n) is 18.3. The van der Waals surface area contributed by atoms with Crippen LogP contribution in [0, 0.1) is 0 Å². The predicted molar refractivity (Wildman–Crippen MR) is 130 cm³/mol. The first-order valence-electron chi connectivity index (χ1n) is 11.4. The number of anilines is 3. The highest BCUT2D eigenvalue weighted by atomic mass is 32.2. The highest BCUT2D eigenvalue weighted by Crippen LogP contribution is 2.38. The molecule has 3 N–H and O–H groups in total. The molecule has 1 aromatic carbocycles. The van der Waals surface area contributed by atoms with Gasteiger partial charge in [-0.05, 0) is 57.0 Å². The number of hydrogen-bond donors (Lipinski definition) is 3. The van der Waals surface area contributed by atoms with Gasteiger partial charge < -0.3 is 25.6 Å². The van der Waals surface area contributed by atoms with Crippen LogP contribution in [0.25, 0.3) is 0 Å². The molecule has 0 saturated carbocycles. The molecule has 168 valence electrons. The van der Waals surface area contributed by atoms with Crippen molar-refractivity contribution in [2.45, 2.75) is 44.4 Å². The van der Waals surface area contributed by atoms with Crippen molar-refractivity contribution in [2.24, 2.45) is 0 Å². The van der Waals surface area contributed by atoms with Crippen LogP contribution in [-0.2, 0) is 11.2 Å². The van der Waals surface area contributed by atoms with Gasteiger partial charge in [-0.1, -0.05) is 30.3 Å². The number of nitrogens with zero attached hydrogens (tertiary/aromatic N) is 3. The van der Waals surface area contributed by atoms with E-state index in [1.807, 2.05) is 18.8 Å². The Morgan fingerprint density at radius 1 is 1.16 bits per heavy atom. The van der Waals surface area contributed by atoms with E-state index < -0.39 is 0 Å². The average Bonchev–Trinajstić information content (AvgIpc) is 3.44. The van der Waals surface area contributed by atoms with E-state index in [1.165, 1.54) is 17.7 Å². The Kier molecular flexibility index (Phi) is 8.26. The highest BCUT2D eigenvalue weighted by Gasteiger charge is 2.35. The third-order valence-electron chi connectivity index (χ3n) is 5.75. The molecule has 0 amide bonds. The Labute approximate surface area is 189 Å². The van der Waals surface area contributed by atoms with Crippen molar-refractivity contribution in [2.75, 3.05) is 53.8 Å². The molecule has 0 aliphatic carbocycles. The summed E-state index contributed by atoms with van der Waals surface area (Å²) in [4.78, 5) is 11.3. The lowest BCUT2D eigenvalue weighted by molar-refractivity contribution is 0.0575. The van der Waals surface area contributed by atoms with Gasteiger partial charge in [-0.3, -0.25) is 0 Å². The molecule has 7 nitrogen and oxygen atoms in total. The number of rotatable bonds is 12. The van der Waals surface area contributed by atoms with Crippen LogP contribution in [0.5, 0.6) is 0 Å². The monoisotopic (exact) mass is 442 g/mol. The summed E-state index contributed by atoms with van der Waals surface area (Å²) in [5.41, 5.74) is 2.37. The molecule has 2 aromatic rings. The summed E-state index contributed by atoms with van der Waals surface area (Å²) < 4.78 is 6.36. The number of aromatic nitrogens is 2. The van der Waals surface area contributed by atoms with Gasteiger partial charge >= 0.3 is 0 Å². The summed E-state index contributed by atoms with van der Waals surface area (Å²) in [5, 5.41) is 10.2. The lowest BCUT2D eigenvalue weighted by Gasteiger charge is -2.24. The van der Waals surface area contributed by atoms with Crippen molar-refractivity contribution < 1.29 is 4.74 Å². The summed E-state index contributed by atoms with van der Waals surface area (Å²) >= 11 is 2.00. The van der Waals surface area contributed by atoms with Crippen LogP contribution in [0.15, 0.2) is 36.7 Å². The van der Waals surface area contributed by atoms with Crippen LogP contribution >= 0.6 is 11.8 Å². The molecule has 0 radical (unpaired) electrons.